The molecule has 1 fully saturated rings. The first-order valence-electron chi connectivity index (χ1n) is 12.6. The second-order valence-electron chi connectivity index (χ2n) is 9.58. The Morgan fingerprint density at radius 2 is 1.76 bits per heavy atom. The smallest absolute Gasteiger partial charge is 0.213 e. The van der Waals surface area contributed by atoms with Gasteiger partial charge in [-0.05, 0) is 67.3 Å². The second-order valence-corrected chi connectivity index (χ2v) is 9.58. The van der Waals surface area contributed by atoms with Gasteiger partial charge in [0, 0.05) is 54.5 Å². The molecule has 2 aliphatic rings. The van der Waals surface area contributed by atoms with Crippen molar-refractivity contribution >= 4 is 17.5 Å². The summed E-state index contributed by atoms with van der Waals surface area (Å²) in [5, 5.41) is 0. The van der Waals surface area contributed by atoms with E-state index in [4.69, 9.17) is 19.4 Å². The number of methoxy groups -OCH3 is 2. The standard InChI is InChI=1S/C29H30N6O2/c1-18-27(19-4-6-23(36-2)7-5-19)34-28(33-18)20-9-12-35(13-10-20)29-24-14-22(15-25(24)31-17-32-29)21-8-11-30-26(16-21)37-3/h4-8,11,14,16-17,20H,9-10,12-13,15H2,1-3H3,(H,33,34). The molecule has 8 nitrogen and oxygen atoms in total. The van der Waals surface area contributed by atoms with Gasteiger partial charge >= 0.3 is 0 Å². The van der Waals surface area contributed by atoms with E-state index in [0.717, 1.165) is 83.5 Å². The van der Waals surface area contributed by atoms with Gasteiger partial charge in [0.1, 0.15) is 23.7 Å². The number of rotatable bonds is 6. The number of imidazole rings is 1. The molecule has 1 aliphatic heterocycles. The van der Waals surface area contributed by atoms with Gasteiger partial charge in [0.25, 0.3) is 0 Å². The van der Waals surface area contributed by atoms with Crippen LogP contribution in [-0.4, -0.2) is 52.2 Å². The highest BCUT2D eigenvalue weighted by atomic mass is 16.5. The van der Waals surface area contributed by atoms with Crippen LogP contribution in [0.2, 0.25) is 0 Å². The quantitative estimate of drug-likeness (QED) is 0.400. The molecule has 0 bridgehead atoms. The summed E-state index contributed by atoms with van der Waals surface area (Å²) in [6.07, 6.45) is 8.53. The Labute approximate surface area is 216 Å². The number of anilines is 1. The predicted molar refractivity (Wildman–Crippen MR) is 144 cm³/mol. The average molecular weight is 495 g/mol. The van der Waals surface area contributed by atoms with Crippen LogP contribution < -0.4 is 14.4 Å². The van der Waals surface area contributed by atoms with E-state index in [-0.39, 0.29) is 0 Å². The molecule has 0 saturated carbocycles. The van der Waals surface area contributed by atoms with Crippen LogP contribution in [0.5, 0.6) is 11.6 Å². The maximum atomic E-state index is 5.31. The van der Waals surface area contributed by atoms with E-state index in [0.29, 0.717) is 11.8 Å². The van der Waals surface area contributed by atoms with Crippen LogP contribution in [0.1, 0.15) is 47.1 Å². The fraction of sp³-hybridized carbons (Fsp3) is 0.310. The zero-order valence-corrected chi connectivity index (χ0v) is 21.4. The monoisotopic (exact) mass is 494 g/mol. The third-order valence-corrected chi connectivity index (χ3v) is 7.38. The van der Waals surface area contributed by atoms with Crippen LogP contribution in [0.4, 0.5) is 5.82 Å². The van der Waals surface area contributed by atoms with Crippen molar-refractivity contribution in [2.45, 2.75) is 32.1 Å². The van der Waals surface area contributed by atoms with Crippen LogP contribution in [0.3, 0.4) is 0 Å². The first kappa shape index (κ1) is 23.2. The van der Waals surface area contributed by atoms with E-state index in [1.807, 2.05) is 24.3 Å². The van der Waals surface area contributed by atoms with Gasteiger partial charge in [-0.25, -0.2) is 19.9 Å². The Hall–Kier alpha value is -4.20. The van der Waals surface area contributed by atoms with Crippen LogP contribution in [0, 0.1) is 6.92 Å². The van der Waals surface area contributed by atoms with Crippen molar-refractivity contribution < 1.29 is 9.47 Å². The van der Waals surface area contributed by atoms with Crippen LogP contribution in [-0.2, 0) is 6.42 Å². The van der Waals surface area contributed by atoms with E-state index >= 15 is 0 Å². The van der Waals surface area contributed by atoms with Crippen molar-refractivity contribution in [2.24, 2.45) is 0 Å². The molecule has 1 aliphatic carbocycles. The summed E-state index contributed by atoms with van der Waals surface area (Å²) in [4.78, 5) is 24.5. The summed E-state index contributed by atoms with van der Waals surface area (Å²) in [6.45, 7) is 3.95. The van der Waals surface area contributed by atoms with Gasteiger partial charge in [-0.1, -0.05) is 0 Å². The Bertz CT molecular complexity index is 1450. The summed E-state index contributed by atoms with van der Waals surface area (Å²) >= 11 is 0. The molecular weight excluding hydrogens is 464 g/mol. The normalized spacial score (nSPS) is 15.4. The number of nitrogens with one attached hydrogen (secondary N) is 1. The molecular formula is C29H30N6O2. The SMILES string of the molecule is COc1ccc(-c2nc(C3CCN(c4ncnc5c4C=C(c4ccnc(OC)c4)C5)CC3)[nH]c2C)cc1. The van der Waals surface area contributed by atoms with Gasteiger partial charge in [-0.2, -0.15) is 0 Å². The molecule has 8 heteroatoms. The molecule has 1 aromatic carbocycles. The van der Waals surface area contributed by atoms with Crippen molar-refractivity contribution in [1.82, 2.24) is 24.9 Å². The number of aromatic nitrogens is 5. The van der Waals surface area contributed by atoms with Crippen molar-refractivity contribution in [1.29, 1.82) is 0 Å². The summed E-state index contributed by atoms with van der Waals surface area (Å²) < 4.78 is 10.6. The lowest BCUT2D eigenvalue weighted by Crippen LogP contribution is -2.34. The third-order valence-electron chi connectivity index (χ3n) is 7.38. The van der Waals surface area contributed by atoms with E-state index in [1.54, 1.807) is 26.7 Å². The highest BCUT2D eigenvalue weighted by Crippen LogP contribution is 2.38. The maximum Gasteiger partial charge on any atom is 0.213 e. The molecule has 1 N–H and O–H groups in total. The zero-order valence-electron chi connectivity index (χ0n) is 21.4. The van der Waals surface area contributed by atoms with Crippen LogP contribution >= 0.6 is 0 Å². The summed E-state index contributed by atoms with van der Waals surface area (Å²) in [6, 6.07) is 12.1. The van der Waals surface area contributed by atoms with Gasteiger partial charge in [-0.15, -0.1) is 0 Å². The molecule has 0 amide bonds. The van der Waals surface area contributed by atoms with E-state index in [9.17, 15) is 0 Å². The lowest BCUT2D eigenvalue weighted by molar-refractivity contribution is 0.398. The minimum absolute atomic E-state index is 0.396. The average Bonchev–Trinajstić information content (AvgIpc) is 3.57. The summed E-state index contributed by atoms with van der Waals surface area (Å²) in [5.74, 6) is 3.96. The van der Waals surface area contributed by atoms with Crippen molar-refractivity contribution in [2.75, 3.05) is 32.2 Å². The number of allylic oxidation sites excluding steroid dienone is 1. The molecule has 0 radical (unpaired) electrons. The number of benzene rings is 1. The molecule has 3 aromatic heterocycles. The highest BCUT2D eigenvalue weighted by molar-refractivity contribution is 5.91. The van der Waals surface area contributed by atoms with Gasteiger partial charge in [-0.3, -0.25) is 0 Å². The Balaban J connectivity index is 1.18. The lowest BCUT2D eigenvalue weighted by Gasteiger charge is -2.32. The number of aromatic amines is 1. The van der Waals surface area contributed by atoms with Gasteiger partial charge in [0.2, 0.25) is 5.88 Å². The predicted octanol–water partition coefficient (Wildman–Crippen LogP) is 5.07. The molecule has 4 aromatic rings. The lowest BCUT2D eigenvalue weighted by atomic mass is 9.96. The molecule has 6 rings (SSSR count). The van der Waals surface area contributed by atoms with Gasteiger partial charge in [0.15, 0.2) is 0 Å². The number of pyridine rings is 1. The number of fused-ring (bicyclic) bond motifs is 1. The molecule has 1 saturated heterocycles. The number of hydrogen-bond donors (Lipinski definition) is 1. The van der Waals surface area contributed by atoms with Crippen molar-refractivity contribution in [3.05, 3.63) is 77.3 Å². The summed E-state index contributed by atoms with van der Waals surface area (Å²) in [7, 11) is 3.32. The van der Waals surface area contributed by atoms with Gasteiger partial charge in [0.05, 0.1) is 25.6 Å². The maximum absolute atomic E-state index is 5.31. The fourth-order valence-electron chi connectivity index (χ4n) is 5.35. The highest BCUT2D eigenvalue weighted by Gasteiger charge is 2.28. The van der Waals surface area contributed by atoms with E-state index in [1.165, 1.54) is 5.57 Å². The Kier molecular flexibility index (Phi) is 6.08. The number of piperidine rings is 1. The topological polar surface area (TPSA) is 89.1 Å². The number of hydrogen-bond acceptors (Lipinski definition) is 7. The first-order valence-corrected chi connectivity index (χ1v) is 12.6. The van der Waals surface area contributed by atoms with E-state index < -0.39 is 0 Å². The number of ether oxygens (including phenoxy) is 2. The number of nitrogens with zero attached hydrogens (tertiary/aromatic N) is 5. The largest absolute Gasteiger partial charge is 0.497 e. The minimum Gasteiger partial charge on any atom is -0.497 e. The molecule has 0 atom stereocenters. The first-order chi connectivity index (χ1) is 18.1. The molecule has 188 valence electrons. The molecule has 4 heterocycles. The fourth-order valence-corrected chi connectivity index (χ4v) is 5.35. The third kappa shape index (κ3) is 4.43. The van der Waals surface area contributed by atoms with Gasteiger partial charge < -0.3 is 19.4 Å². The molecule has 0 spiro atoms. The van der Waals surface area contributed by atoms with E-state index in [2.05, 4.69) is 45.0 Å². The van der Waals surface area contributed by atoms with Crippen LogP contribution in [0.25, 0.3) is 22.9 Å². The zero-order chi connectivity index (χ0) is 25.4. The number of H-pyrrole nitrogens is 1. The Morgan fingerprint density at radius 3 is 2.51 bits per heavy atom. The Morgan fingerprint density at radius 1 is 0.946 bits per heavy atom. The van der Waals surface area contributed by atoms with Crippen LogP contribution in [0.15, 0.2) is 48.9 Å². The number of aryl methyl sites for hydroxylation is 1. The minimum atomic E-state index is 0.396. The second kappa shape index (κ2) is 9.69. The molecule has 37 heavy (non-hydrogen) atoms. The molecule has 0 unspecified atom stereocenters. The van der Waals surface area contributed by atoms with Crippen molar-refractivity contribution in [3.63, 3.8) is 0 Å². The van der Waals surface area contributed by atoms with Crippen molar-refractivity contribution in [3.8, 4) is 22.9 Å². The summed E-state index contributed by atoms with van der Waals surface area (Å²) in [5.41, 5.74) is 7.73.